The van der Waals surface area contributed by atoms with Crippen molar-refractivity contribution in [1.29, 1.82) is 0 Å². The Morgan fingerprint density at radius 1 is 0.793 bits per heavy atom. The molecule has 2 rings (SSSR count). The topological polar surface area (TPSA) is 104 Å². The van der Waals surface area contributed by atoms with E-state index >= 15 is 0 Å². The van der Waals surface area contributed by atoms with Gasteiger partial charge in [-0.3, -0.25) is 4.79 Å². The van der Waals surface area contributed by atoms with Crippen LogP contribution in [0.3, 0.4) is 0 Å². The Morgan fingerprint density at radius 3 is 1.59 bits per heavy atom. The number of carbonyl (C=O) groups excluding carboxylic acids is 1. The van der Waals surface area contributed by atoms with Crippen molar-refractivity contribution in [3.63, 3.8) is 0 Å². The summed E-state index contributed by atoms with van der Waals surface area (Å²) in [5, 5.41) is 0. The second kappa shape index (κ2) is 9.53. The van der Waals surface area contributed by atoms with Crippen LogP contribution in [0.2, 0.25) is 0 Å². The molecule has 0 bridgehead atoms. The molecule has 154 valence electrons. The summed E-state index contributed by atoms with van der Waals surface area (Å²) < 4.78 is 54.6. The zero-order chi connectivity index (χ0) is 21.5. The van der Waals surface area contributed by atoms with Gasteiger partial charge in [-0.1, -0.05) is 36.4 Å². The van der Waals surface area contributed by atoms with Crippen LogP contribution in [0.5, 0.6) is 11.5 Å². The van der Waals surface area contributed by atoms with Gasteiger partial charge in [0.25, 0.3) is 0 Å². The molecule has 0 amide bonds. The molecule has 29 heavy (non-hydrogen) atoms. The van der Waals surface area contributed by atoms with E-state index in [1.165, 1.54) is 43.3 Å². The summed E-state index contributed by atoms with van der Waals surface area (Å²) in [5.74, 6) is 0.0204. The van der Waals surface area contributed by atoms with Gasteiger partial charge in [0.15, 0.2) is 5.78 Å². The van der Waals surface area contributed by atoms with Crippen molar-refractivity contribution in [2.24, 2.45) is 0 Å². The number of ketones is 1. The molecular formula is C20H20O7S2. The van der Waals surface area contributed by atoms with E-state index in [9.17, 15) is 21.6 Å². The maximum absolute atomic E-state index is 12.0. The van der Waals surface area contributed by atoms with Crippen LogP contribution in [0, 0.1) is 0 Å². The van der Waals surface area contributed by atoms with Crippen LogP contribution >= 0.6 is 0 Å². The van der Waals surface area contributed by atoms with Gasteiger partial charge in [0, 0.05) is 0 Å². The second-order valence-electron chi connectivity index (χ2n) is 5.92. The molecule has 0 spiro atoms. The molecule has 0 fully saturated rings. The van der Waals surface area contributed by atoms with Gasteiger partial charge in [-0.25, -0.2) is 0 Å². The number of rotatable bonds is 9. The van der Waals surface area contributed by atoms with Gasteiger partial charge in [0.1, 0.15) is 11.5 Å². The standard InChI is InChI=1S/C20H20O7S2/c1-3-29(24,25)27-20-14-8-17(9-15-20)5-11-18(21)10-4-16-6-12-19(13-7-16)26-28(2,22)23/h4-15H,3H2,1-2H3/b10-4+,11-5+. The number of carbonyl (C=O) groups is 1. The first kappa shape index (κ1) is 22.4. The van der Waals surface area contributed by atoms with Gasteiger partial charge >= 0.3 is 20.2 Å². The first-order chi connectivity index (χ1) is 13.6. The lowest BCUT2D eigenvalue weighted by molar-refractivity contribution is -0.110. The van der Waals surface area contributed by atoms with Crippen molar-refractivity contribution < 1.29 is 30.0 Å². The average molecular weight is 437 g/mol. The summed E-state index contributed by atoms with van der Waals surface area (Å²) >= 11 is 0. The smallest absolute Gasteiger partial charge is 0.308 e. The highest BCUT2D eigenvalue weighted by Crippen LogP contribution is 2.16. The Kier molecular flexibility index (Phi) is 7.35. The van der Waals surface area contributed by atoms with Crippen LogP contribution in [-0.4, -0.2) is 34.6 Å². The molecule has 0 atom stereocenters. The lowest BCUT2D eigenvalue weighted by atomic mass is 10.1. The maximum Gasteiger partial charge on any atom is 0.308 e. The first-order valence-corrected chi connectivity index (χ1v) is 11.9. The van der Waals surface area contributed by atoms with E-state index < -0.39 is 20.2 Å². The van der Waals surface area contributed by atoms with Crippen LogP contribution in [0.25, 0.3) is 12.2 Å². The minimum atomic E-state index is -3.58. The molecule has 9 heteroatoms. The molecule has 0 radical (unpaired) electrons. The van der Waals surface area contributed by atoms with Gasteiger partial charge < -0.3 is 8.37 Å². The second-order valence-corrected chi connectivity index (χ2v) is 9.36. The molecule has 0 saturated heterocycles. The maximum atomic E-state index is 12.0. The summed E-state index contributed by atoms with van der Waals surface area (Å²) in [6.45, 7) is 1.49. The van der Waals surface area contributed by atoms with Crippen molar-refractivity contribution >= 4 is 38.2 Å². The SMILES string of the molecule is CCS(=O)(=O)Oc1ccc(/C=C/C(=O)/C=C/c2ccc(OS(C)(=O)=O)cc2)cc1. The molecule has 0 aromatic heterocycles. The molecule has 0 aliphatic carbocycles. The molecule has 2 aromatic rings. The van der Waals surface area contributed by atoms with Crippen molar-refractivity contribution in [2.45, 2.75) is 6.92 Å². The van der Waals surface area contributed by atoms with Crippen molar-refractivity contribution in [1.82, 2.24) is 0 Å². The lowest BCUT2D eigenvalue weighted by Crippen LogP contribution is -2.11. The van der Waals surface area contributed by atoms with Crippen LogP contribution in [0.1, 0.15) is 18.1 Å². The molecule has 0 unspecified atom stereocenters. The highest BCUT2D eigenvalue weighted by Gasteiger charge is 2.08. The molecule has 2 aromatic carbocycles. The first-order valence-electron chi connectivity index (χ1n) is 8.48. The van der Waals surface area contributed by atoms with Crippen LogP contribution in [0.4, 0.5) is 0 Å². The fraction of sp³-hybridized carbons (Fsp3) is 0.150. The predicted molar refractivity (Wildman–Crippen MR) is 112 cm³/mol. The van der Waals surface area contributed by atoms with E-state index in [1.54, 1.807) is 36.4 Å². The Hall–Kier alpha value is -2.91. The van der Waals surface area contributed by atoms with E-state index in [4.69, 9.17) is 8.37 Å². The highest BCUT2D eigenvalue weighted by molar-refractivity contribution is 7.87. The third-order valence-corrected chi connectivity index (χ3v) is 5.11. The van der Waals surface area contributed by atoms with Crippen molar-refractivity contribution in [2.75, 3.05) is 12.0 Å². The zero-order valence-electron chi connectivity index (χ0n) is 15.8. The summed E-state index contributed by atoms with van der Waals surface area (Å²) in [7, 11) is -7.16. The van der Waals surface area contributed by atoms with E-state index in [2.05, 4.69) is 0 Å². The van der Waals surface area contributed by atoms with Crippen molar-refractivity contribution in [3.8, 4) is 11.5 Å². The molecule has 0 aliphatic heterocycles. The van der Waals surface area contributed by atoms with E-state index in [0.717, 1.165) is 6.26 Å². The molecule has 0 aliphatic rings. The average Bonchev–Trinajstić information content (AvgIpc) is 2.65. The zero-order valence-corrected chi connectivity index (χ0v) is 17.4. The lowest BCUT2D eigenvalue weighted by Gasteiger charge is -2.04. The highest BCUT2D eigenvalue weighted by atomic mass is 32.2. The molecule has 0 saturated carbocycles. The summed E-state index contributed by atoms with van der Waals surface area (Å²) in [6.07, 6.45) is 6.88. The number of allylic oxidation sites excluding steroid dienone is 2. The van der Waals surface area contributed by atoms with Crippen molar-refractivity contribution in [3.05, 3.63) is 71.8 Å². The Balaban J connectivity index is 1.95. The summed E-state index contributed by atoms with van der Waals surface area (Å²) in [4.78, 5) is 12.0. The van der Waals surface area contributed by atoms with Gasteiger partial charge in [0.2, 0.25) is 0 Å². The minimum absolute atomic E-state index is 0.122. The fourth-order valence-corrected chi connectivity index (χ4v) is 3.04. The van der Waals surface area contributed by atoms with Gasteiger partial charge in [-0.15, -0.1) is 0 Å². The predicted octanol–water partition coefficient (Wildman–Crippen LogP) is 3.05. The summed E-state index contributed by atoms with van der Waals surface area (Å²) in [6, 6.07) is 12.5. The fourth-order valence-electron chi connectivity index (χ4n) is 2.06. The molecule has 7 nitrogen and oxygen atoms in total. The van der Waals surface area contributed by atoms with Crippen LogP contribution in [0.15, 0.2) is 60.7 Å². The largest absolute Gasteiger partial charge is 0.383 e. The van der Waals surface area contributed by atoms with Gasteiger partial charge in [-0.05, 0) is 54.5 Å². The normalized spacial score (nSPS) is 12.3. The third-order valence-electron chi connectivity index (χ3n) is 3.46. The van der Waals surface area contributed by atoms with E-state index in [-0.39, 0.29) is 23.0 Å². The molecule has 0 heterocycles. The summed E-state index contributed by atoms with van der Waals surface area (Å²) in [5.41, 5.74) is 1.40. The Morgan fingerprint density at radius 2 is 1.21 bits per heavy atom. The molecular weight excluding hydrogens is 416 g/mol. The number of hydrogen-bond donors (Lipinski definition) is 0. The van der Waals surface area contributed by atoms with E-state index in [1.807, 2.05) is 0 Å². The third kappa shape index (κ3) is 8.32. The number of benzene rings is 2. The minimum Gasteiger partial charge on any atom is -0.383 e. The van der Waals surface area contributed by atoms with E-state index in [0.29, 0.717) is 11.1 Å². The Labute approximate surface area is 170 Å². The van der Waals surface area contributed by atoms with Gasteiger partial charge in [0.05, 0.1) is 12.0 Å². The van der Waals surface area contributed by atoms with Crippen LogP contribution < -0.4 is 8.37 Å². The number of hydrogen-bond acceptors (Lipinski definition) is 7. The monoisotopic (exact) mass is 436 g/mol. The van der Waals surface area contributed by atoms with Gasteiger partial charge in [-0.2, -0.15) is 16.8 Å². The van der Waals surface area contributed by atoms with Crippen LogP contribution in [-0.2, 0) is 25.0 Å². The quantitative estimate of drug-likeness (QED) is 0.439. The Bertz CT molecular complexity index is 1110. The molecule has 0 N–H and O–H groups in total.